The van der Waals surface area contributed by atoms with E-state index >= 15 is 4.39 Å². The van der Waals surface area contributed by atoms with Gasteiger partial charge in [-0.15, -0.1) is 0 Å². The number of carbonyl (C=O) groups is 2. The Labute approximate surface area is 270 Å². The molecule has 1 saturated heterocycles. The summed E-state index contributed by atoms with van der Waals surface area (Å²) in [4.78, 5) is 34.5. The average Bonchev–Trinajstić information content (AvgIpc) is 3.40. The maximum absolute atomic E-state index is 15.2. The first-order chi connectivity index (χ1) is 22.9. The molecule has 1 unspecified atom stereocenters. The SMILES string of the molecule is CN(CC1COc2c(C(=O)N[C@H]3N=C(c4ccccc4)c4cccc(F)c4NC3=O)c(-c3ccccc3F)nn2C1)C1CCOCC1. The average molecular weight is 641 g/mol. The summed E-state index contributed by atoms with van der Waals surface area (Å²) in [5, 5.41) is 9.96. The van der Waals surface area contributed by atoms with Gasteiger partial charge in [0, 0.05) is 48.4 Å². The normalized spacial score (nSPS) is 19.6. The highest BCUT2D eigenvalue weighted by Gasteiger charge is 2.36. The smallest absolute Gasteiger partial charge is 0.269 e. The monoisotopic (exact) mass is 640 g/mol. The minimum absolute atomic E-state index is 0.0106. The maximum atomic E-state index is 15.2. The Balaban J connectivity index is 1.22. The van der Waals surface area contributed by atoms with Gasteiger partial charge in [0.1, 0.15) is 22.9 Å². The summed E-state index contributed by atoms with van der Waals surface area (Å²) in [5.41, 5.74) is 1.48. The first-order valence-corrected chi connectivity index (χ1v) is 15.7. The predicted octanol–water partition coefficient (Wildman–Crippen LogP) is 4.49. The van der Waals surface area contributed by atoms with Gasteiger partial charge in [-0.05, 0) is 38.1 Å². The molecule has 0 radical (unpaired) electrons. The Bertz CT molecular complexity index is 1840. The predicted molar refractivity (Wildman–Crippen MR) is 171 cm³/mol. The van der Waals surface area contributed by atoms with E-state index in [1.54, 1.807) is 53.2 Å². The van der Waals surface area contributed by atoms with Crippen molar-refractivity contribution in [1.29, 1.82) is 0 Å². The number of hydrogen-bond acceptors (Lipinski definition) is 7. The molecule has 2 amide bonds. The highest BCUT2D eigenvalue weighted by atomic mass is 19.1. The van der Waals surface area contributed by atoms with Crippen molar-refractivity contribution in [2.45, 2.75) is 31.6 Å². The number of benzodiazepines with no additional fused rings is 1. The quantitative estimate of drug-likeness (QED) is 0.308. The van der Waals surface area contributed by atoms with E-state index in [2.05, 4.69) is 32.7 Å². The number of amides is 2. The molecule has 7 rings (SSSR count). The first kappa shape index (κ1) is 30.7. The van der Waals surface area contributed by atoms with E-state index in [9.17, 15) is 14.0 Å². The number of nitrogens with one attached hydrogen (secondary N) is 2. The Morgan fingerprint density at radius 3 is 2.51 bits per heavy atom. The van der Waals surface area contributed by atoms with Gasteiger partial charge in [0.05, 0.1) is 24.6 Å². The van der Waals surface area contributed by atoms with Crippen molar-refractivity contribution >= 4 is 23.2 Å². The van der Waals surface area contributed by atoms with Crippen molar-refractivity contribution in [3.05, 3.63) is 101 Å². The number of anilines is 1. The van der Waals surface area contributed by atoms with Gasteiger partial charge in [-0.2, -0.15) is 5.10 Å². The zero-order chi connectivity index (χ0) is 32.5. The Kier molecular flexibility index (Phi) is 8.52. The van der Waals surface area contributed by atoms with Gasteiger partial charge < -0.3 is 25.0 Å². The van der Waals surface area contributed by atoms with E-state index in [-0.39, 0.29) is 34.3 Å². The van der Waals surface area contributed by atoms with Crippen LogP contribution >= 0.6 is 0 Å². The second-order valence-corrected chi connectivity index (χ2v) is 12.0. The van der Waals surface area contributed by atoms with E-state index in [1.165, 1.54) is 18.2 Å². The highest BCUT2D eigenvalue weighted by Crippen LogP contribution is 2.35. The standard InChI is InChI=1S/C35H34F2N6O4/c1-42(23-14-16-46-17-15-23)18-21-19-43-35(47-20-21)28(31(41-43)24-10-5-6-12-26(24)36)33(44)40-32-34(45)39-30-25(11-7-13-27(30)37)29(38-32)22-8-3-2-4-9-22/h2-13,21,23,32H,14-20H2,1H3,(H,39,45)(H,40,44)/t21?,32-/m1/s1. The number of hydrogen-bond donors (Lipinski definition) is 2. The second-order valence-electron chi connectivity index (χ2n) is 12.0. The molecule has 2 atom stereocenters. The molecular formula is C35H34F2N6O4. The molecule has 242 valence electrons. The molecule has 12 heteroatoms. The van der Waals surface area contributed by atoms with E-state index in [1.807, 2.05) is 6.07 Å². The van der Waals surface area contributed by atoms with Gasteiger partial charge in [0.15, 0.2) is 0 Å². The third kappa shape index (κ3) is 6.13. The van der Waals surface area contributed by atoms with Crippen LogP contribution in [0.15, 0.2) is 77.8 Å². The van der Waals surface area contributed by atoms with Crippen LogP contribution in [0.3, 0.4) is 0 Å². The molecule has 2 N–H and O–H groups in total. The number of carbonyl (C=O) groups excluding carboxylic acids is 2. The topological polar surface area (TPSA) is 110 Å². The van der Waals surface area contributed by atoms with Crippen LogP contribution < -0.4 is 15.4 Å². The molecule has 3 aliphatic rings. The third-order valence-electron chi connectivity index (χ3n) is 8.85. The lowest BCUT2D eigenvalue weighted by Crippen LogP contribution is -2.43. The third-order valence-corrected chi connectivity index (χ3v) is 8.85. The summed E-state index contributed by atoms with van der Waals surface area (Å²) in [6.45, 7) is 3.00. The molecule has 0 saturated carbocycles. The zero-order valence-electron chi connectivity index (χ0n) is 25.8. The highest BCUT2D eigenvalue weighted by molar-refractivity contribution is 6.20. The number of fused-ring (bicyclic) bond motifs is 2. The van der Waals surface area contributed by atoms with Crippen LogP contribution in [0.25, 0.3) is 11.3 Å². The van der Waals surface area contributed by atoms with Crippen LogP contribution in [0.1, 0.15) is 34.3 Å². The summed E-state index contributed by atoms with van der Waals surface area (Å²) in [5.74, 6) is -2.41. The molecule has 3 aliphatic heterocycles. The minimum atomic E-state index is -1.45. The molecule has 1 fully saturated rings. The Hall–Kier alpha value is -4.94. The molecule has 0 spiro atoms. The number of para-hydroxylation sites is 1. The lowest BCUT2D eigenvalue weighted by atomic mass is 10.0. The van der Waals surface area contributed by atoms with Crippen LogP contribution in [0.5, 0.6) is 5.88 Å². The number of ether oxygens (including phenoxy) is 2. The van der Waals surface area contributed by atoms with Crippen molar-refractivity contribution in [2.75, 3.05) is 38.7 Å². The fraction of sp³-hybridized carbons (Fsp3) is 0.314. The molecule has 0 aliphatic carbocycles. The van der Waals surface area contributed by atoms with Crippen LogP contribution in [0.4, 0.5) is 14.5 Å². The number of halogens is 2. The maximum Gasteiger partial charge on any atom is 0.269 e. The molecule has 4 aromatic rings. The Morgan fingerprint density at radius 1 is 1.00 bits per heavy atom. The fourth-order valence-electron chi connectivity index (χ4n) is 6.47. The summed E-state index contributed by atoms with van der Waals surface area (Å²) in [7, 11) is 2.09. The van der Waals surface area contributed by atoms with Crippen LogP contribution in [0, 0.1) is 17.6 Å². The molecule has 47 heavy (non-hydrogen) atoms. The van der Waals surface area contributed by atoms with Crippen molar-refractivity contribution in [3.8, 4) is 17.1 Å². The molecule has 0 bridgehead atoms. The van der Waals surface area contributed by atoms with Crippen LogP contribution in [0.2, 0.25) is 0 Å². The number of aromatic nitrogens is 2. The van der Waals surface area contributed by atoms with Gasteiger partial charge in [-0.25, -0.2) is 18.5 Å². The van der Waals surface area contributed by atoms with Gasteiger partial charge in [0.25, 0.3) is 11.8 Å². The first-order valence-electron chi connectivity index (χ1n) is 15.7. The lowest BCUT2D eigenvalue weighted by Gasteiger charge is -2.35. The number of rotatable bonds is 7. The number of nitrogens with zero attached hydrogens (tertiary/aromatic N) is 4. The van der Waals surface area contributed by atoms with Crippen molar-refractivity contribution in [2.24, 2.45) is 10.9 Å². The van der Waals surface area contributed by atoms with Gasteiger partial charge in [-0.3, -0.25) is 9.59 Å². The van der Waals surface area contributed by atoms with Crippen LogP contribution in [-0.2, 0) is 16.1 Å². The van der Waals surface area contributed by atoms with Gasteiger partial charge in [0.2, 0.25) is 12.0 Å². The van der Waals surface area contributed by atoms with E-state index < -0.39 is 29.6 Å². The molecular weight excluding hydrogens is 606 g/mol. The molecule has 1 aromatic heterocycles. The summed E-state index contributed by atoms with van der Waals surface area (Å²) in [6.07, 6.45) is 0.470. The summed E-state index contributed by atoms with van der Waals surface area (Å²) in [6, 6.07) is 19.9. The zero-order valence-corrected chi connectivity index (χ0v) is 25.8. The van der Waals surface area contributed by atoms with E-state index in [0.29, 0.717) is 36.0 Å². The summed E-state index contributed by atoms with van der Waals surface area (Å²) < 4.78 is 43.5. The lowest BCUT2D eigenvalue weighted by molar-refractivity contribution is -0.117. The van der Waals surface area contributed by atoms with E-state index in [4.69, 9.17) is 9.47 Å². The fourth-order valence-corrected chi connectivity index (χ4v) is 6.47. The van der Waals surface area contributed by atoms with Gasteiger partial charge >= 0.3 is 0 Å². The van der Waals surface area contributed by atoms with Gasteiger partial charge in [-0.1, -0.05) is 54.6 Å². The number of benzene rings is 3. The molecule has 10 nitrogen and oxygen atoms in total. The van der Waals surface area contributed by atoms with Crippen molar-refractivity contribution < 1.29 is 27.8 Å². The Morgan fingerprint density at radius 2 is 1.72 bits per heavy atom. The molecule has 3 aromatic carbocycles. The van der Waals surface area contributed by atoms with Crippen molar-refractivity contribution in [3.63, 3.8) is 0 Å². The van der Waals surface area contributed by atoms with Crippen molar-refractivity contribution in [1.82, 2.24) is 20.0 Å². The molecule has 4 heterocycles. The minimum Gasteiger partial charge on any atom is -0.477 e. The van der Waals surface area contributed by atoms with E-state index in [0.717, 1.165) is 32.6 Å². The van der Waals surface area contributed by atoms with Crippen LogP contribution in [-0.4, -0.2) is 77.8 Å². The second kappa shape index (κ2) is 13.0. The number of aliphatic imine (C=N–C) groups is 1. The summed E-state index contributed by atoms with van der Waals surface area (Å²) >= 11 is 0. The largest absolute Gasteiger partial charge is 0.477 e.